The van der Waals surface area contributed by atoms with Gasteiger partial charge >= 0.3 is 26.2 Å². The van der Waals surface area contributed by atoms with Crippen molar-refractivity contribution in [1.82, 2.24) is 0 Å². The smallest absolute Gasteiger partial charge is 0.545 e. The summed E-state index contributed by atoms with van der Waals surface area (Å²) >= 11 is 28.8. The minimum absolute atomic E-state index is 0. The van der Waals surface area contributed by atoms with Gasteiger partial charge in [-0.05, 0) is 162 Å². The first-order chi connectivity index (χ1) is 16.6. The van der Waals surface area contributed by atoms with Gasteiger partial charge in [0.05, 0.1) is 17.9 Å². The monoisotopic (exact) mass is 1270 g/mol. The van der Waals surface area contributed by atoms with Crippen LogP contribution in [0.15, 0.2) is 76.7 Å². The molecule has 194 valence electrons. The van der Waals surface area contributed by atoms with E-state index in [0.29, 0.717) is 26.8 Å². The Morgan fingerprint density at radius 1 is 0.405 bits per heavy atom. The van der Waals surface area contributed by atoms with Gasteiger partial charge < -0.3 is 29.7 Å². The molecule has 0 fully saturated rings. The molecule has 0 spiro atoms. The maximum Gasteiger partial charge on any atom is 3.00 e. The van der Waals surface area contributed by atoms with Crippen LogP contribution in [-0.4, -0.2) is 44.1 Å². The van der Waals surface area contributed by atoms with E-state index in [1.807, 2.05) is 0 Å². The Bertz CT molecular complexity index is 1170. The first kappa shape index (κ1) is 38.3. The molecule has 2 radical (unpaired) electrons. The van der Waals surface area contributed by atoms with Crippen LogP contribution in [-0.2, 0) is 0 Å². The summed E-state index contributed by atoms with van der Waals surface area (Å²) in [6.07, 6.45) is 0. The molecule has 0 aromatic heterocycles. The number of carbonyl (C=O) groups is 3. The summed E-state index contributed by atoms with van der Waals surface area (Å²) in [6, 6.07) is 9.32. The van der Waals surface area contributed by atoms with Crippen LogP contribution in [0.1, 0.15) is 31.1 Å². The summed E-state index contributed by atoms with van der Waals surface area (Å²) in [5, 5.41) is 31.5. The van der Waals surface area contributed by atoms with Crippen molar-refractivity contribution < 1.29 is 29.7 Å². The molecule has 0 saturated carbocycles. The van der Waals surface area contributed by atoms with E-state index >= 15 is 0 Å². The van der Waals surface area contributed by atoms with E-state index in [2.05, 4.69) is 143 Å². The fourth-order valence-corrected chi connectivity index (χ4v) is 6.40. The summed E-state index contributed by atoms with van der Waals surface area (Å²) in [4.78, 5) is 31.5. The Balaban J connectivity index is 0.000000518. The molecule has 0 saturated heterocycles. The van der Waals surface area contributed by atoms with Gasteiger partial charge in [-0.2, -0.15) is 0 Å². The molecule has 16 heteroatoms. The fourth-order valence-electron chi connectivity index (χ4n) is 2.05. The number of aromatic carboxylic acids is 3. The van der Waals surface area contributed by atoms with Crippen molar-refractivity contribution in [2.75, 3.05) is 0 Å². The standard InChI is InChI=1S/3C7H3Br3O2.Bi/c3*8-4-2-1-3(7(11)12)5(9)6(4)10;/h3*1-2H,(H,11,12);/q;;;+3/p-3. The van der Waals surface area contributed by atoms with Gasteiger partial charge in [-0.1, -0.05) is 18.2 Å². The first-order valence-electron chi connectivity index (χ1n) is 8.66. The van der Waals surface area contributed by atoms with Crippen LogP contribution >= 0.6 is 143 Å². The van der Waals surface area contributed by atoms with Gasteiger partial charge in [-0.15, -0.1) is 0 Å². The average Bonchev–Trinajstić information content (AvgIpc) is 2.79. The van der Waals surface area contributed by atoms with Gasteiger partial charge in [0.1, 0.15) is 0 Å². The van der Waals surface area contributed by atoms with E-state index < -0.39 is 17.9 Å². The third kappa shape index (κ3) is 11.2. The zero-order valence-electron chi connectivity index (χ0n) is 17.3. The van der Waals surface area contributed by atoms with E-state index in [-0.39, 0.29) is 42.9 Å². The van der Waals surface area contributed by atoms with Gasteiger partial charge in [0.25, 0.3) is 0 Å². The summed E-state index contributed by atoms with van der Waals surface area (Å²) in [5.41, 5.74) is 0.389. The second-order valence-corrected chi connectivity index (χ2v) is 13.4. The van der Waals surface area contributed by atoms with Crippen molar-refractivity contribution in [2.45, 2.75) is 0 Å². The molecule has 37 heavy (non-hydrogen) atoms. The van der Waals surface area contributed by atoms with Crippen molar-refractivity contribution in [2.24, 2.45) is 0 Å². The number of carboxylic acids is 3. The molecule has 0 unspecified atom stereocenters. The fraction of sp³-hybridized carbons (Fsp3) is 0. The largest absolute Gasteiger partial charge is 3.00 e. The molecule has 0 N–H and O–H groups in total. The summed E-state index contributed by atoms with van der Waals surface area (Å²) in [5.74, 6) is -3.60. The second-order valence-electron chi connectivity index (χ2n) is 6.03. The third-order valence-corrected chi connectivity index (χ3v) is 13.9. The van der Waals surface area contributed by atoms with Crippen molar-refractivity contribution in [1.29, 1.82) is 0 Å². The molecule has 0 aliphatic carbocycles. The molecule has 0 aliphatic rings. The van der Waals surface area contributed by atoms with Crippen LogP contribution in [0.5, 0.6) is 0 Å². The molecule has 0 atom stereocenters. The molecule has 0 amide bonds. The number of halogens is 9. The van der Waals surface area contributed by atoms with Crippen LogP contribution < -0.4 is 15.3 Å². The van der Waals surface area contributed by atoms with Crippen molar-refractivity contribution in [3.63, 3.8) is 0 Å². The van der Waals surface area contributed by atoms with E-state index in [0.717, 1.165) is 13.4 Å². The normalized spacial score (nSPS) is 9.65. The molecule has 0 bridgehead atoms. The van der Waals surface area contributed by atoms with Crippen LogP contribution in [0.25, 0.3) is 0 Å². The van der Waals surface area contributed by atoms with Crippen molar-refractivity contribution >= 4 is 187 Å². The van der Waals surface area contributed by atoms with Crippen LogP contribution in [0, 0.1) is 0 Å². The molecule has 3 aromatic rings. The molecule has 3 aromatic carbocycles. The van der Waals surface area contributed by atoms with Gasteiger partial charge in [0.15, 0.2) is 0 Å². The van der Waals surface area contributed by atoms with Gasteiger partial charge in [0.2, 0.25) is 0 Å². The number of benzene rings is 3. The van der Waals surface area contributed by atoms with E-state index in [1.165, 1.54) is 18.2 Å². The van der Waals surface area contributed by atoms with Crippen LogP contribution in [0.4, 0.5) is 0 Å². The topological polar surface area (TPSA) is 120 Å². The SMILES string of the molecule is O=C([O-])c1ccc(Br)c(Br)c1Br.O=C([O-])c1ccc(Br)c(Br)c1Br.O=C([O-])c1ccc(Br)c(Br)c1Br.[Bi+3]. The van der Waals surface area contributed by atoms with E-state index in [1.54, 1.807) is 18.2 Å². The number of hydrogen-bond acceptors (Lipinski definition) is 6. The predicted molar refractivity (Wildman–Crippen MR) is 167 cm³/mol. The molecular weight excluding hydrogens is 1280 g/mol. The zero-order valence-corrected chi connectivity index (χ0v) is 35.0. The van der Waals surface area contributed by atoms with Crippen LogP contribution in [0.3, 0.4) is 0 Å². The average molecular weight is 1280 g/mol. The number of carboxylic acid groups (broad SMARTS) is 3. The van der Waals surface area contributed by atoms with Gasteiger partial charge in [0, 0.05) is 56.9 Å². The van der Waals surface area contributed by atoms with Crippen molar-refractivity contribution in [3.8, 4) is 0 Å². The Kier molecular flexibility index (Phi) is 18.6. The number of hydrogen-bond donors (Lipinski definition) is 0. The Morgan fingerprint density at radius 2 is 0.595 bits per heavy atom. The minimum Gasteiger partial charge on any atom is -0.545 e. The predicted octanol–water partition coefficient (Wildman–Crippen LogP) is 6.63. The molecule has 3 rings (SSSR count). The maximum atomic E-state index is 10.5. The third-order valence-electron chi connectivity index (χ3n) is 3.77. The quantitative estimate of drug-likeness (QED) is 0.215. The molecule has 6 nitrogen and oxygen atoms in total. The zero-order chi connectivity index (χ0) is 27.9. The first-order valence-corrected chi connectivity index (χ1v) is 15.8. The van der Waals surface area contributed by atoms with Gasteiger partial charge in [-0.25, -0.2) is 0 Å². The van der Waals surface area contributed by atoms with E-state index in [4.69, 9.17) is 0 Å². The molecule has 0 heterocycles. The number of rotatable bonds is 3. The van der Waals surface area contributed by atoms with E-state index in [9.17, 15) is 29.7 Å². The molecular formula is C21H6BiBr9O6. The summed E-state index contributed by atoms with van der Waals surface area (Å²) in [6.45, 7) is 0. The minimum atomic E-state index is -1.20. The Hall–Kier alpha value is 1.27. The molecule has 0 aliphatic heterocycles. The Labute approximate surface area is 306 Å². The number of carbonyl (C=O) groups excluding carboxylic acids is 3. The van der Waals surface area contributed by atoms with Crippen LogP contribution in [0.2, 0.25) is 0 Å². The van der Waals surface area contributed by atoms with Gasteiger partial charge in [-0.3, -0.25) is 0 Å². The Morgan fingerprint density at radius 3 is 0.757 bits per heavy atom. The second kappa shape index (κ2) is 17.9. The maximum absolute atomic E-state index is 10.5. The van der Waals surface area contributed by atoms with Crippen molar-refractivity contribution in [3.05, 3.63) is 93.3 Å². The summed E-state index contributed by atoms with van der Waals surface area (Å²) in [7, 11) is 0. The summed E-state index contributed by atoms with van der Waals surface area (Å²) < 4.78 is 5.83.